The molecule has 0 amide bonds. The van der Waals surface area contributed by atoms with Crippen molar-refractivity contribution < 1.29 is 8.83 Å². The summed E-state index contributed by atoms with van der Waals surface area (Å²) in [6, 6.07) is 65.5. The van der Waals surface area contributed by atoms with Gasteiger partial charge in [0.25, 0.3) is 0 Å². The van der Waals surface area contributed by atoms with Crippen LogP contribution in [0.4, 0.5) is 0 Å². The van der Waals surface area contributed by atoms with Gasteiger partial charge < -0.3 is 13.4 Å². The highest BCUT2D eigenvalue weighted by molar-refractivity contribution is 7.23. The Bertz CT molecular complexity index is 4320. The van der Waals surface area contributed by atoms with E-state index < -0.39 is 0 Å². The maximum Gasteiger partial charge on any atom is 0.197 e. The molecule has 341 valence electrons. The summed E-state index contributed by atoms with van der Waals surface area (Å²) in [6.07, 6.45) is 0. The fourth-order valence-electron chi connectivity index (χ4n) is 11.6. The number of aromatic nitrogens is 1. The van der Waals surface area contributed by atoms with Crippen molar-refractivity contribution >= 4 is 105 Å². The second-order valence-corrected chi connectivity index (χ2v) is 23.0. The summed E-state index contributed by atoms with van der Waals surface area (Å²) in [6.45, 7) is 16.1. The number of para-hydroxylation sites is 1. The van der Waals surface area contributed by atoms with Crippen molar-refractivity contribution in [3.8, 4) is 38.4 Å². The first-order chi connectivity index (χ1) is 34.4. The molecule has 9 aromatic carbocycles. The maximum atomic E-state index is 6.80. The van der Waals surface area contributed by atoms with Crippen molar-refractivity contribution in [3.05, 3.63) is 198 Å². The van der Waals surface area contributed by atoms with E-state index in [9.17, 15) is 0 Å². The Balaban J connectivity index is 1.08. The van der Waals surface area contributed by atoms with Crippen LogP contribution in [0.5, 0.6) is 0 Å². The van der Waals surface area contributed by atoms with Crippen molar-refractivity contribution in [2.45, 2.75) is 65.2 Å². The number of fused-ring (bicyclic) bond motifs is 12. The molecule has 0 saturated carbocycles. The van der Waals surface area contributed by atoms with Gasteiger partial charge in [-0.3, -0.25) is 0 Å². The lowest BCUT2D eigenvalue weighted by Gasteiger charge is -2.25. The highest BCUT2D eigenvalue weighted by Gasteiger charge is 2.31. The summed E-state index contributed by atoms with van der Waals surface area (Å²) in [4.78, 5) is 1.28. The van der Waals surface area contributed by atoms with Gasteiger partial charge in [-0.05, 0) is 115 Å². The average molecular weight is 933 g/mol. The molecule has 3 nitrogen and oxygen atoms in total. The van der Waals surface area contributed by atoms with Crippen LogP contribution in [-0.2, 0) is 10.8 Å². The first-order valence-electron chi connectivity index (χ1n) is 25.0. The van der Waals surface area contributed by atoms with Gasteiger partial charge >= 0.3 is 0 Å². The van der Waals surface area contributed by atoms with Crippen LogP contribution >= 0.6 is 11.3 Å². The second kappa shape index (κ2) is 15.2. The number of rotatable bonds is 5. The molecule has 1 aliphatic rings. The van der Waals surface area contributed by atoms with E-state index >= 15 is 0 Å². The zero-order chi connectivity index (χ0) is 48.1. The molecule has 1 aliphatic heterocycles. The molecule has 71 heavy (non-hydrogen) atoms. The van der Waals surface area contributed by atoms with Crippen LogP contribution in [0.25, 0.3) is 114 Å². The minimum atomic E-state index is -0.00964. The fraction of sp³-hybridized carbons (Fsp3) is 0.152. The van der Waals surface area contributed by atoms with E-state index in [1.54, 1.807) is 0 Å². The van der Waals surface area contributed by atoms with Crippen LogP contribution in [0.15, 0.2) is 185 Å². The van der Waals surface area contributed by atoms with Crippen molar-refractivity contribution in [1.29, 1.82) is 0 Å². The molecule has 1 atom stereocenters. The summed E-state index contributed by atoms with van der Waals surface area (Å²) in [5.74, 6) is 0.0742. The topological polar surface area (TPSA) is 31.2 Å². The maximum absolute atomic E-state index is 6.80. The summed E-state index contributed by atoms with van der Waals surface area (Å²) in [5.41, 5.74) is 21.0. The predicted molar refractivity (Wildman–Crippen MR) is 303 cm³/mol. The smallest absolute Gasteiger partial charge is 0.197 e. The van der Waals surface area contributed by atoms with E-state index in [4.69, 9.17) is 8.83 Å². The van der Waals surface area contributed by atoms with E-state index in [2.05, 4.69) is 236 Å². The zero-order valence-electron chi connectivity index (χ0n) is 41.1. The molecule has 0 fully saturated rings. The van der Waals surface area contributed by atoms with Gasteiger partial charge in [-0.25, -0.2) is 0 Å². The van der Waals surface area contributed by atoms with Gasteiger partial charge in [0.05, 0.1) is 5.52 Å². The Kier molecular flexibility index (Phi) is 9.06. The van der Waals surface area contributed by atoms with Gasteiger partial charge in [-0.2, -0.15) is 0 Å². The Hall–Kier alpha value is -7.60. The van der Waals surface area contributed by atoms with Crippen LogP contribution in [0.3, 0.4) is 0 Å². The standard InChI is InChI=1S/C66H51BNO2S/c1-37(38-22-24-41(25-23-38)65(2,3)4)46-34-58-50(49-30-42(66(5,6)7)26-29-57(49)70-58)31-47(46)44-27-28-45-48-35-59-51(43-20-14-15-21-56(43)69-59)32-54(48)68-55-33-52-60(36-53(55)67-62(44)63(45)68)71-64(40-18-12-9-13-19-40)61(52)39-16-10-8-11-17-39/h8-37H,1-7H3. The van der Waals surface area contributed by atoms with E-state index in [1.807, 2.05) is 11.3 Å². The number of benzene rings is 9. The van der Waals surface area contributed by atoms with Crippen molar-refractivity contribution in [1.82, 2.24) is 4.57 Å². The number of thiophene rings is 1. The second-order valence-electron chi connectivity index (χ2n) is 21.9. The van der Waals surface area contributed by atoms with Crippen LogP contribution in [0.1, 0.15) is 76.6 Å². The molecule has 0 aliphatic carbocycles. The third-order valence-corrected chi connectivity index (χ3v) is 16.7. The Morgan fingerprint density at radius 1 is 0.493 bits per heavy atom. The summed E-state index contributed by atoms with van der Waals surface area (Å²) >= 11 is 1.89. The van der Waals surface area contributed by atoms with E-state index in [0.29, 0.717) is 0 Å². The Morgan fingerprint density at radius 2 is 1.14 bits per heavy atom. The van der Waals surface area contributed by atoms with E-state index in [0.717, 1.165) is 43.9 Å². The monoisotopic (exact) mass is 932 g/mol. The lowest BCUT2D eigenvalue weighted by atomic mass is 9.58. The number of hydrogen-bond acceptors (Lipinski definition) is 3. The lowest BCUT2D eigenvalue weighted by molar-refractivity contribution is 0.589. The highest BCUT2D eigenvalue weighted by Crippen LogP contribution is 2.48. The van der Waals surface area contributed by atoms with Gasteiger partial charge in [-0.15, -0.1) is 11.3 Å². The van der Waals surface area contributed by atoms with Crippen LogP contribution in [-0.4, -0.2) is 11.8 Å². The minimum Gasteiger partial charge on any atom is -0.456 e. The first-order valence-corrected chi connectivity index (χ1v) is 25.8. The van der Waals surface area contributed by atoms with Gasteiger partial charge in [0, 0.05) is 70.0 Å². The highest BCUT2D eigenvalue weighted by atomic mass is 32.1. The molecule has 0 spiro atoms. The van der Waals surface area contributed by atoms with Crippen molar-refractivity contribution in [2.75, 3.05) is 0 Å². The molecule has 1 unspecified atom stereocenters. The molecule has 13 aromatic rings. The van der Waals surface area contributed by atoms with Crippen molar-refractivity contribution in [2.24, 2.45) is 0 Å². The molecule has 0 bridgehead atoms. The average Bonchev–Trinajstić information content (AvgIpc) is 4.13. The molecule has 5 heteroatoms. The van der Waals surface area contributed by atoms with E-state index in [1.165, 1.54) is 103 Å². The normalized spacial score (nSPS) is 13.3. The Morgan fingerprint density at radius 3 is 1.89 bits per heavy atom. The fourth-order valence-corrected chi connectivity index (χ4v) is 12.9. The van der Waals surface area contributed by atoms with Crippen LogP contribution in [0.2, 0.25) is 0 Å². The summed E-state index contributed by atoms with van der Waals surface area (Å²) < 4.78 is 17.3. The molecule has 5 heterocycles. The molecular formula is C66H51BNO2S. The van der Waals surface area contributed by atoms with E-state index in [-0.39, 0.29) is 16.7 Å². The first kappa shape index (κ1) is 42.3. The molecule has 1 radical (unpaired) electrons. The van der Waals surface area contributed by atoms with Gasteiger partial charge in [0.15, 0.2) is 7.28 Å². The molecule has 0 N–H and O–H groups in total. The SMILES string of the molecule is CC(c1ccc(C(C)(C)C)cc1)c1cc2oc3ccc(C(C)(C)C)cc3c2cc1-c1ccc2c3cc4oc5ccccc5c4cc3n3c2c1[B]c1cc2sc(-c4ccccc4)c(-c4ccccc4)c2cc1-3. The van der Waals surface area contributed by atoms with Crippen molar-refractivity contribution in [3.63, 3.8) is 0 Å². The largest absolute Gasteiger partial charge is 0.456 e. The number of hydrogen-bond donors (Lipinski definition) is 0. The molecule has 4 aromatic heterocycles. The summed E-state index contributed by atoms with van der Waals surface area (Å²) in [7, 11) is 2.48. The van der Waals surface area contributed by atoms with Gasteiger partial charge in [0.2, 0.25) is 0 Å². The van der Waals surface area contributed by atoms with Gasteiger partial charge in [0.1, 0.15) is 22.3 Å². The van der Waals surface area contributed by atoms with Gasteiger partial charge in [-0.1, -0.05) is 175 Å². The van der Waals surface area contributed by atoms with Crippen LogP contribution in [0, 0.1) is 0 Å². The third kappa shape index (κ3) is 6.48. The Labute approximate surface area is 418 Å². The third-order valence-electron chi connectivity index (χ3n) is 15.5. The lowest BCUT2D eigenvalue weighted by Crippen LogP contribution is -2.37. The molecule has 14 rings (SSSR count). The zero-order valence-corrected chi connectivity index (χ0v) is 41.9. The van der Waals surface area contributed by atoms with Crippen LogP contribution < -0.4 is 10.9 Å². The predicted octanol–water partition coefficient (Wildman–Crippen LogP) is 17.5. The number of furan rings is 2. The molecule has 0 saturated heterocycles. The molecular weight excluding hydrogens is 882 g/mol. The summed E-state index contributed by atoms with van der Waals surface area (Å²) in [5, 5.41) is 8.19. The quantitative estimate of drug-likeness (QED) is 0.161. The minimum absolute atomic E-state index is 0.00964. The number of nitrogens with zero attached hydrogens (tertiary/aromatic N) is 1.